The van der Waals surface area contributed by atoms with Crippen LogP contribution in [-0.2, 0) is 5.54 Å². The summed E-state index contributed by atoms with van der Waals surface area (Å²) in [5.74, 6) is 0.00501. The molecule has 10 heteroatoms. The fourth-order valence-corrected chi connectivity index (χ4v) is 5.00. The van der Waals surface area contributed by atoms with E-state index in [1.54, 1.807) is 10.9 Å². The van der Waals surface area contributed by atoms with Crippen molar-refractivity contribution >= 4 is 23.5 Å². The third-order valence-corrected chi connectivity index (χ3v) is 6.94. The first-order valence-electron chi connectivity index (χ1n) is 11.1. The number of carboxylic acid groups (broad SMARTS) is 1. The fraction of sp³-hybridized carbons (Fsp3) is 0.478. The largest absolute Gasteiger partial charge is 0.465 e. The Morgan fingerprint density at radius 2 is 2.00 bits per heavy atom. The Hall–Kier alpha value is -3.58. The van der Waals surface area contributed by atoms with Gasteiger partial charge < -0.3 is 26.0 Å². The summed E-state index contributed by atoms with van der Waals surface area (Å²) >= 11 is 0. The highest BCUT2D eigenvalue weighted by Crippen LogP contribution is 2.44. The van der Waals surface area contributed by atoms with Gasteiger partial charge in [-0.2, -0.15) is 10.4 Å². The number of carbonyl (C=O) groups excluding carboxylic acids is 1. The second kappa shape index (κ2) is 9.11. The van der Waals surface area contributed by atoms with Crippen LogP contribution in [0.3, 0.4) is 0 Å². The minimum absolute atomic E-state index is 0.0821. The zero-order valence-electron chi connectivity index (χ0n) is 18.6. The second-order valence-electron chi connectivity index (χ2n) is 9.04. The number of anilines is 2. The molecule has 33 heavy (non-hydrogen) atoms. The molecule has 2 saturated heterocycles. The smallest absolute Gasteiger partial charge is 0.407 e. The van der Waals surface area contributed by atoms with E-state index in [4.69, 9.17) is 5.73 Å². The van der Waals surface area contributed by atoms with Crippen molar-refractivity contribution in [3.05, 3.63) is 42.1 Å². The number of nitriles is 1. The minimum atomic E-state index is -1.01. The average Bonchev–Trinajstić information content (AvgIpc) is 3.20. The third-order valence-electron chi connectivity index (χ3n) is 6.94. The van der Waals surface area contributed by atoms with Crippen LogP contribution in [0.2, 0.25) is 0 Å². The molecule has 2 fully saturated rings. The maximum atomic E-state index is 12.2. The molecule has 2 aliphatic heterocycles. The number of hydrogen-bond acceptors (Lipinski definition) is 6. The van der Waals surface area contributed by atoms with Crippen LogP contribution in [0.5, 0.6) is 0 Å². The lowest BCUT2D eigenvalue weighted by Crippen LogP contribution is -2.71. The number of aromatic nitrogens is 2. The second-order valence-corrected chi connectivity index (χ2v) is 9.04. The van der Waals surface area contributed by atoms with Crippen LogP contribution in [0, 0.1) is 17.2 Å². The van der Waals surface area contributed by atoms with Crippen molar-refractivity contribution in [1.29, 1.82) is 5.26 Å². The highest BCUT2D eigenvalue weighted by molar-refractivity contribution is 5.98. The summed E-state index contributed by atoms with van der Waals surface area (Å²) in [6.07, 6.45) is 3.23. The fourth-order valence-electron chi connectivity index (χ4n) is 5.00. The van der Waals surface area contributed by atoms with E-state index in [0.29, 0.717) is 12.3 Å². The van der Waals surface area contributed by atoms with Gasteiger partial charge in [-0.3, -0.25) is 9.48 Å². The van der Waals surface area contributed by atoms with Crippen LogP contribution in [-0.4, -0.2) is 69.4 Å². The van der Waals surface area contributed by atoms with Crippen molar-refractivity contribution in [3.8, 4) is 6.07 Å². The SMILES string of the molecule is CN1CCC(CC2N(C(=O)O)CC2(CC#N)n2cc(C(N)=O)c(Nc3ccccc3)n2)CC1. The van der Waals surface area contributed by atoms with Crippen LogP contribution >= 0.6 is 0 Å². The van der Waals surface area contributed by atoms with Crippen molar-refractivity contribution < 1.29 is 14.7 Å². The lowest BCUT2D eigenvalue weighted by atomic mass is 9.72. The van der Waals surface area contributed by atoms with Gasteiger partial charge >= 0.3 is 6.09 Å². The molecular weight excluding hydrogens is 422 g/mol. The first kappa shape index (κ1) is 22.6. The zero-order chi connectivity index (χ0) is 23.6. The van der Waals surface area contributed by atoms with Gasteiger partial charge in [0.25, 0.3) is 5.91 Å². The molecule has 0 saturated carbocycles. The van der Waals surface area contributed by atoms with Crippen molar-refractivity contribution in [2.24, 2.45) is 11.7 Å². The Morgan fingerprint density at radius 3 is 2.61 bits per heavy atom. The summed E-state index contributed by atoms with van der Waals surface area (Å²) in [5, 5.41) is 27.2. The van der Waals surface area contributed by atoms with Crippen LogP contribution in [0.4, 0.5) is 16.3 Å². The molecule has 3 heterocycles. The highest BCUT2D eigenvalue weighted by Gasteiger charge is 2.57. The normalized spacial score (nSPS) is 23.5. The summed E-state index contributed by atoms with van der Waals surface area (Å²) in [5.41, 5.74) is 5.71. The van der Waals surface area contributed by atoms with Crippen molar-refractivity contribution in [2.75, 3.05) is 32.0 Å². The van der Waals surface area contributed by atoms with E-state index in [2.05, 4.69) is 28.4 Å². The Balaban J connectivity index is 1.68. The Kier molecular flexibility index (Phi) is 6.24. The maximum absolute atomic E-state index is 12.2. The minimum Gasteiger partial charge on any atom is -0.465 e. The number of likely N-dealkylation sites (tertiary alicyclic amines) is 2. The molecule has 4 N–H and O–H groups in total. The Labute approximate surface area is 192 Å². The summed E-state index contributed by atoms with van der Waals surface area (Å²) < 4.78 is 1.60. The van der Waals surface area contributed by atoms with E-state index in [1.165, 1.54) is 4.90 Å². The van der Waals surface area contributed by atoms with Crippen LogP contribution < -0.4 is 11.1 Å². The van der Waals surface area contributed by atoms with E-state index in [0.717, 1.165) is 31.6 Å². The number of nitrogens with zero attached hydrogens (tertiary/aromatic N) is 5. The number of amides is 2. The predicted octanol–water partition coefficient (Wildman–Crippen LogP) is 2.43. The number of benzene rings is 1. The number of para-hydroxylation sites is 1. The number of piperidine rings is 1. The van der Waals surface area contributed by atoms with Crippen molar-refractivity contribution in [1.82, 2.24) is 19.6 Å². The number of carbonyl (C=O) groups is 2. The van der Waals surface area contributed by atoms with E-state index >= 15 is 0 Å². The monoisotopic (exact) mass is 451 g/mol. The summed E-state index contributed by atoms with van der Waals surface area (Å²) in [6.45, 7) is 2.07. The summed E-state index contributed by atoms with van der Waals surface area (Å²) in [7, 11) is 2.08. The molecule has 2 unspecified atom stereocenters. The average molecular weight is 452 g/mol. The highest BCUT2D eigenvalue weighted by atomic mass is 16.4. The molecule has 2 amide bonds. The van der Waals surface area contributed by atoms with Crippen molar-refractivity contribution in [3.63, 3.8) is 0 Å². The molecule has 1 aromatic heterocycles. The molecule has 2 aliphatic rings. The molecule has 0 radical (unpaired) electrons. The van der Waals surface area contributed by atoms with Gasteiger partial charge in [0.2, 0.25) is 0 Å². The molecule has 2 aromatic rings. The molecule has 10 nitrogen and oxygen atoms in total. The topological polar surface area (TPSA) is 141 Å². The molecule has 0 spiro atoms. The van der Waals surface area contributed by atoms with E-state index in [-0.39, 0.29) is 24.3 Å². The summed E-state index contributed by atoms with van der Waals surface area (Å²) in [4.78, 5) is 27.8. The number of rotatable bonds is 7. The predicted molar refractivity (Wildman–Crippen MR) is 122 cm³/mol. The van der Waals surface area contributed by atoms with Gasteiger partial charge in [-0.1, -0.05) is 18.2 Å². The molecule has 2 atom stereocenters. The number of nitrogens with one attached hydrogen (secondary N) is 1. The number of primary amides is 1. The van der Waals surface area contributed by atoms with Gasteiger partial charge in [0, 0.05) is 11.9 Å². The van der Waals surface area contributed by atoms with Crippen LogP contribution in [0.1, 0.15) is 36.0 Å². The van der Waals surface area contributed by atoms with Gasteiger partial charge in [0.15, 0.2) is 5.82 Å². The molecular formula is C23H29N7O3. The molecule has 1 aromatic carbocycles. The molecule has 0 bridgehead atoms. The number of hydrogen-bond donors (Lipinski definition) is 3. The van der Waals surface area contributed by atoms with Crippen molar-refractivity contribution in [2.45, 2.75) is 37.3 Å². The first-order valence-corrected chi connectivity index (χ1v) is 11.1. The quantitative estimate of drug-likeness (QED) is 0.587. The van der Waals surface area contributed by atoms with Crippen LogP contribution in [0.15, 0.2) is 36.5 Å². The van der Waals surface area contributed by atoms with Gasteiger partial charge in [-0.15, -0.1) is 0 Å². The molecule has 0 aliphatic carbocycles. The maximum Gasteiger partial charge on any atom is 0.407 e. The molecule has 174 valence electrons. The van der Waals surface area contributed by atoms with E-state index in [9.17, 15) is 20.0 Å². The van der Waals surface area contributed by atoms with Crippen LogP contribution in [0.25, 0.3) is 0 Å². The first-order chi connectivity index (χ1) is 15.8. The lowest BCUT2D eigenvalue weighted by molar-refractivity contribution is -0.0638. The van der Waals surface area contributed by atoms with Gasteiger partial charge in [-0.25, -0.2) is 4.79 Å². The van der Waals surface area contributed by atoms with Gasteiger partial charge in [0.05, 0.1) is 25.1 Å². The van der Waals surface area contributed by atoms with Gasteiger partial charge in [0.1, 0.15) is 11.1 Å². The van der Waals surface area contributed by atoms with Gasteiger partial charge in [-0.05, 0) is 57.5 Å². The molecule has 4 rings (SSSR count). The zero-order valence-corrected chi connectivity index (χ0v) is 18.6. The lowest BCUT2D eigenvalue weighted by Gasteiger charge is -2.56. The third kappa shape index (κ3) is 4.36. The summed E-state index contributed by atoms with van der Waals surface area (Å²) in [6, 6.07) is 11.1. The Morgan fingerprint density at radius 1 is 1.30 bits per heavy atom. The number of nitrogens with two attached hydrogens (primary N) is 1. The Bertz CT molecular complexity index is 1060. The van der Waals surface area contributed by atoms with E-state index in [1.807, 2.05) is 30.3 Å². The van der Waals surface area contributed by atoms with E-state index < -0.39 is 23.6 Å². The standard InChI is InChI=1S/C23H29N7O3/c1-28-11-7-16(8-12-28)13-19-23(9-10-24,15-29(19)22(32)33)30-14-18(20(25)31)21(27-30)26-17-5-3-2-4-6-17/h2-6,14,16,19H,7-9,11-13,15H2,1H3,(H2,25,31)(H,26,27)(H,32,33).